The van der Waals surface area contributed by atoms with E-state index in [1.54, 1.807) is 0 Å². The Labute approximate surface area is 73.7 Å². The van der Waals surface area contributed by atoms with E-state index >= 15 is 0 Å². The van der Waals surface area contributed by atoms with Crippen molar-refractivity contribution in [1.29, 1.82) is 0 Å². The van der Waals surface area contributed by atoms with E-state index in [0.29, 0.717) is 6.42 Å². The van der Waals surface area contributed by atoms with E-state index in [1.807, 2.05) is 16.8 Å². The fourth-order valence-electron chi connectivity index (χ4n) is 0.875. The maximum absolute atomic E-state index is 11.8. The fourth-order valence-corrected chi connectivity index (χ4v) is 1.58. The first-order valence-electron chi connectivity index (χ1n) is 3.67. The molecule has 1 N–H and O–H groups in total. The predicted molar refractivity (Wildman–Crippen MR) is 44.7 cm³/mol. The van der Waals surface area contributed by atoms with Crippen LogP contribution in [0.2, 0.25) is 0 Å². The third-order valence-electron chi connectivity index (χ3n) is 1.60. The number of aliphatic hydroxyl groups excluding tert-OH is 1. The van der Waals surface area contributed by atoms with Gasteiger partial charge in [0.25, 0.3) is 6.43 Å². The summed E-state index contributed by atoms with van der Waals surface area (Å²) in [6.45, 7) is 0. The molecule has 0 saturated carbocycles. The summed E-state index contributed by atoms with van der Waals surface area (Å²) < 4.78 is 23.6. The minimum Gasteiger partial charge on any atom is -0.387 e. The Bertz CT molecular complexity index is 211. The number of hydrogen-bond acceptors (Lipinski definition) is 2. The van der Waals surface area contributed by atoms with Crippen LogP contribution in [0.1, 0.15) is 12.0 Å². The van der Waals surface area contributed by atoms with E-state index in [-0.39, 0.29) is 6.42 Å². The van der Waals surface area contributed by atoms with Gasteiger partial charge in [-0.15, -0.1) is 0 Å². The summed E-state index contributed by atoms with van der Waals surface area (Å²) in [5, 5.41) is 12.6. The maximum atomic E-state index is 11.8. The highest BCUT2D eigenvalue weighted by molar-refractivity contribution is 7.07. The average Bonchev–Trinajstić information content (AvgIpc) is 2.51. The Morgan fingerprint density at radius 1 is 1.50 bits per heavy atom. The predicted octanol–water partition coefficient (Wildman–Crippen LogP) is 2.31. The molecule has 12 heavy (non-hydrogen) atoms. The quantitative estimate of drug-likeness (QED) is 0.776. The van der Waals surface area contributed by atoms with Gasteiger partial charge in [0.1, 0.15) is 6.10 Å². The van der Waals surface area contributed by atoms with Crippen molar-refractivity contribution in [2.45, 2.75) is 25.4 Å². The van der Waals surface area contributed by atoms with Gasteiger partial charge in [0.2, 0.25) is 0 Å². The largest absolute Gasteiger partial charge is 0.387 e. The van der Waals surface area contributed by atoms with Crippen molar-refractivity contribution in [3.05, 3.63) is 22.4 Å². The highest BCUT2D eigenvalue weighted by Gasteiger charge is 2.15. The molecular weight excluding hydrogens is 182 g/mol. The van der Waals surface area contributed by atoms with Gasteiger partial charge in [0, 0.05) is 0 Å². The van der Waals surface area contributed by atoms with Crippen LogP contribution in [0.5, 0.6) is 0 Å². The normalized spacial score (nSPS) is 13.7. The minimum absolute atomic E-state index is 0.133. The van der Waals surface area contributed by atoms with Gasteiger partial charge in [0.15, 0.2) is 0 Å². The van der Waals surface area contributed by atoms with Crippen LogP contribution in [0.25, 0.3) is 0 Å². The second-order valence-electron chi connectivity index (χ2n) is 2.57. The summed E-state index contributed by atoms with van der Waals surface area (Å²) in [6.07, 6.45) is -3.45. The summed E-state index contributed by atoms with van der Waals surface area (Å²) in [7, 11) is 0. The Morgan fingerprint density at radius 3 is 2.75 bits per heavy atom. The van der Waals surface area contributed by atoms with Crippen molar-refractivity contribution in [2.24, 2.45) is 0 Å². The van der Waals surface area contributed by atoms with Gasteiger partial charge in [-0.2, -0.15) is 11.3 Å². The molecule has 1 heterocycles. The molecule has 0 fully saturated rings. The lowest BCUT2D eigenvalue weighted by molar-refractivity contribution is -0.00848. The van der Waals surface area contributed by atoms with Crippen LogP contribution < -0.4 is 0 Å². The van der Waals surface area contributed by atoms with Gasteiger partial charge in [-0.05, 0) is 35.2 Å². The number of hydrogen-bond donors (Lipinski definition) is 1. The summed E-state index contributed by atoms with van der Waals surface area (Å²) in [6, 6.07) is 1.88. The first-order chi connectivity index (χ1) is 5.70. The van der Waals surface area contributed by atoms with Crippen LogP contribution in [-0.2, 0) is 6.42 Å². The van der Waals surface area contributed by atoms with Crippen LogP contribution in [-0.4, -0.2) is 17.6 Å². The Kier molecular flexibility index (Phi) is 3.62. The molecule has 0 saturated heterocycles. The number of alkyl halides is 2. The molecule has 1 unspecified atom stereocenters. The van der Waals surface area contributed by atoms with Crippen molar-refractivity contribution in [1.82, 2.24) is 0 Å². The van der Waals surface area contributed by atoms with Crippen LogP contribution >= 0.6 is 11.3 Å². The van der Waals surface area contributed by atoms with E-state index < -0.39 is 12.5 Å². The summed E-state index contributed by atoms with van der Waals surface area (Å²) >= 11 is 1.53. The molecule has 1 atom stereocenters. The first kappa shape index (κ1) is 9.61. The summed E-state index contributed by atoms with van der Waals surface area (Å²) in [5.41, 5.74) is 1.01. The van der Waals surface area contributed by atoms with Crippen molar-refractivity contribution in [3.8, 4) is 0 Å². The Hall–Kier alpha value is -0.480. The van der Waals surface area contributed by atoms with Crippen LogP contribution in [0.15, 0.2) is 16.8 Å². The molecule has 0 aliphatic rings. The number of thiophene rings is 1. The molecular formula is C8H10F2OS. The summed E-state index contributed by atoms with van der Waals surface area (Å²) in [5.74, 6) is 0. The second-order valence-corrected chi connectivity index (χ2v) is 3.35. The molecule has 0 aromatic carbocycles. The van der Waals surface area contributed by atoms with Crippen LogP contribution in [0.3, 0.4) is 0 Å². The van der Waals surface area contributed by atoms with Crippen molar-refractivity contribution in [3.63, 3.8) is 0 Å². The molecule has 4 heteroatoms. The molecule has 1 rings (SSSR count). The third kappa shape index (κ3) is 2.87. The molecule has 68 valence electrons. The lowest BCUT2D eigenvalue weighted by Crippen LogP contribution is -2.17. The van der Waals surface area contributed by atoms with E-state index in [1.165, 1.54) is 11.3 Å². The van der Waals surface area contributed by atoms with E-state index in [9.17, 15) is 8.78 Å². The van der Waals surface area contributed by atoms with Crippen LogP contribution in [0.4, 0.5) is 8.78 Å². The molecule has 0 aliphatic heterocycles. The van der Waals surface area contributed by atoms with Gasteiger partial charge >= 0.3 is 0 Å². The third-order valence-corrected chi connectivity index (χ3v) is 2.33. The lowest BCUT2D eigenvalue weighted by atomic mass is 10.1. The smallest absolute Gasteiger partial charge is 0.264 e. The molecule has 1 aromatic heterocycles. The molecule has 1 aromatic rings. The highest BCUT2D eigenvalue weighted by Crippen LogP contribution is 2.12. The van der Waals surface area contributed by atoms with E-state index in [0.717, 1.165) is 5.56 Å². The molecule has 0 aliphatic carbocycles. The number of aliphatic hydroxyl groups is 1. The Balaban J connectivity index is 2.27. The SMILES string of the molecule is OC(CCc1ccsc1)C(F)F. The summed E-state index contributed by atoms with van der Waals surface area (Å²) in [4.78, 5) is 0. The van der Waals surface area contributed by atoms with E-state index in [4.69, 9.17) is 5.11 Å². The topological polar surface area (TPSA) is 20.2 Å². The van der Waals surface area contributed by atoms with Crippen molar-refractivity contribution in [2.75, 3.05) is 0 Å². The zero-order valence-electron chi connectivity index (χ0n) is 6.41. The van der Waals surface area contributed by atoms with Gasteiger partial charge < -0.3 is 5.11 Å². The van der Waals surface area contributed by atoms with Gasteiger partial charge in [-0.25, -0.2) is 8.78 Å². The monoisotopic (exact) mass is 192 g/mol. The number of halogens is 2. The standard InChI is InChI=1S/C8H10F2OS/c9-8(10)7(11)2-1-6-3-4-12-5-6/h3-5,7-8,11H,1-2H2. The number of aryl methyl sites for hydroxylation is 1. The molecule has 0 spiro atoms. The van der Waals surface area contributed by atoms with Crippen molar-refractivity contribution >= 4 is 11.3 Å². The molecule has 0 amide bonds. The highest BCUT2D eigenvalue weighted by atomic mass is 32.1. The molecule has 0 radical (unpaired) electrons. The lowest BCUT2D eigenvalue weighted by Gasteiger charge is -2.07. The van der Waals surface area contributed by atoms with E-state index in [2.05, 4.69) is 0 Å². The average molecular weight is 192 g/mol. The first-order valence-corrected chi connectivity index (χ1v) is 4.61. The van der Waals surface area contributed by atoms with Crippen molar-refractivity contribution < 1.29 is 13.9 Å². The van der Waals surface area contributed by atoms with Gasteiger partial charge in [-0.3, -0.25) is 0 Å². The zero-order valence-corrected chi connectivity index (χ0v) is 7.23. The second kappa shape index (κ2) is 4.52. The number of rotatable bonds is 4. The fraction of sp³-hybridized carbons (Fsp3) is 0.500. The molecule has 0 bridgehead atoms. The molecule has 1 nitrogen and oxygen atoms in total. The van der Waals surface area contributed by atoms with Gasteiger partial charge in [0.05, 0.1) is 0 Å². The Morgan fingerprint density at radius 2 is 2.25 bits per heavy atom. The maximum Gasteiger partial charge on any atom is 0.264 e. The van der Waals surface area contributed by atoms with Crippen LogP contribution in [0, 0.1) is 0 Å². The minimum atomic E-state index is -2.62. The zero-order chi connectivity index (χ0) is 8.97. The van der Waals surface area contributed by atoms with Gasteiger partial charge in [-0.1, -0.05) is 0 Å².